The maximum absolute atomic E-state index is 13.5. The van der Waals surface area contributed by atoms with Crippen LogP contribution in [0.3, 0.4) is 0 Å². The summed E-state index contributed by atoms with van der Waals surface area (Å²) in [7, 11) is 1.86. The SMILES string of the molecule is CC1C(NC(=O)c2ccc(-c3cccc(F)c3)n2C)C2CCN1CC2. The van der Waals surface area contributed by atoms with Gasteiger partial charge in [0.25, 0.3) is 5.91 Å². The molecule has 3 aliphatic rings. The van der Waals surface area contributed by atoms with Crippen LogP contribution in [-0.2, 0) is 7.05 Å². The van der Waals surface area contributed by atoms with E-state index in [0.29, 0.717) is 17.7 Å². The van der Waals surface area contributed by atoms with Crippen molar-refractivity contribution in [2.24, 2.45) is 13.0 Å². The summed E-state index contributed by atoms with van der Waals surface area (Å²) in [6, 6.07) is 10.8. The Morgan fingerprint density at radius 1 is 1.20 bits per heavy atom. The van der Waals surface area contributed by atoms with Gasteiger partial charge in [-0.15, -0.1) is 0 Å². The van der Waals surface area contributed by atoms with Crippen LogP contribution in [0.5, 0.6) is 0 Å². The van der Waals surface area contributed by atoms with Gasteiger partial charge in [0, 0.05) is 30.4 Å². The predicted molar refractivity (Wildman–Crippen MR) is 95.8 cm³/mol. The number of benzene rings is 1. The van der Waals surface area contributed by atoms with Gasteiger partial charge in [-0.2, -0.15) is 0 Å². The lowest BCUT2D eigenvalue weighted by Crippen LogP contribution is -2.62. The molecule has 0 radical (unpaired) electrons. The highest BCUT2D eigenvalue weighted by molar-refractivity contribution is 5.94. The monoisotopic (exact) mass is 341 g/mol. The first-order chi connectivity index (χ1) is 12.0. The predicted octanol–water partition coefficient (Wildman–Crippen LogP) is 3.04. The molecule has 2 atom stereocenters. The first kappa shape index (κ1) is 16.3. The van der Waals surface area contributed by atoms with Crippen molar-refractivity contribution in [3.8, 4) is 11.3 Å². The van der Waals surface area contributed by atoms with Gasteiger partial charge in [-0.1, -0.05) is 12.1 Å². The topological polar surface area (TPSA) is 37.3 Å². The first-order valence-corrected chi connectivity index (χ1v) is 9.01. The maximum Gasteiger partial charge on any atom is 0.268 e. The van der Waals surface area contributed by atoms with Gasteiger partial charge in [-0.25, -0.2) is 4.39 Å². The van der Waals surface area contributed by atoms with E-state index in [1.54, 1.807) is 6.07 Å². The molecule has 4 heterocycles. The largest absolute Gasteiger partial charge is 0.346 e. The number of carbonyl (C=O) groups excluding carboxylic acids is 1. The van der Waals surface area contributed by atoms with Crippen LogP contribution in [0, 0.1) is 11.7 Å². The van der Waals surface area contributed by atoms with Crippen molar-refractivity contribution in [1.82, 2.24) is 14.8 Å². The standard InChI is InChI=1S/C20H24FN3O/c1-13-19(14-8-10-24(13)11-9-14)22-20(25)18-7-6-17(23(18)2)15-4-3-5-16(21)12-15/h3-7,12-14,19H,8-11H2,1-2H3,(H,22,25). The Hall–Kier alpha value is -2.14. The smallest absolute Gasteiger partial charge is 0.268 e. The number of hydrogen-bond acceptors (Lipinski definition) is 2. The molecule has 0 saturated carbocycles. The minimum absolute atomic E-state index is 0.0456. The maximum atomic E-state index is 13.5. The molecule has 1 N–H and O–H groups in total. The van der Waals surface area contributed by atoms with Crippen LogP contribution in [0.2, 0.25) is 0 Å². The van der Waals surface area contributed by atoms with E-state index in [2.05, 4.69) is 17.1 Å². The normalized spacial score (nSPS) is 28.1. The van der Waals surface area contributed by atoms with Crippen LogP contribution in [0.15, 0.2) is 36.4 Å². The Balaban J connectivity index is 1.55. The fraction of sp³-hybridized carbons (Fsp3) is 0.450. The molecule has 2 unspecified atom stereocenters. The number of piperidine rings is 3. The van der Waals surface area contributed by atoms with Crippen LogP contribution >= 0.6 is 0 Å². The third-order valence-corrected chi connectivity index (χ3v) is 5.95. The molecule has 2 bridgehead atoms. The van der Waals surface area contributed by atoms with Gasteiger partial charge in [0.15, 0.2) is 0 Å². The molecule has 2 aromatic rings. The average molecular weight is 341 g/mol. The lowest BCUT2D eigenvalue weighted by Gasteiger charge is -2.49. The highest BCUT2D eigenvalue weighted by Crippen LogP contribution is 2.32. The molecule has 1 amide bonds. The number of aromatic nitrogens is 1. The van der Waals surface area contributed by atoms with Gasteiger partial charge in [0.05, 0.1) is 0 Å². The average Bonchev–Trinajstić information content (AvgIpc) is 3.00. The van der Waals surface area contributed by atoms with E-state index in [0.717, 1.165) is 37.2 Å². The minimum Gasteiger partial charge on any atom is -0.346 e. The lowest BCUT2D eigenvalue weighted by atomic mass is 9.79. The van der Waals surface area contributed by atoms with E-state index >= 15 is 0 Å². The van der Waals surface area contributed by atoms with Crippen LogP contribution in [0.25, 0.3) is 11.3 Å². The van der Waals surface area contributed by atoms with Gasteiger partial charge in [0.1, 0.15) is 11.5 Å². The number of fused-ring (bicyclic) bond motifs is 3. The summed E-state index contributed by atoms with van der Waals surface area (Å²) in [5, 5.41) is 3.26. The van der Waals surface area contributed by atoms with E-state index in [4.69, 9.17) is 0 Å². The van der Waals surface area contributed by atoms with Crippen molar-refractivity contribution >= 4 is 5.91 Å². The molecule has 3 fully saturated rings. The molecular formula is C20H24FN3O. The van der Waals surface area contributed by atoms with Gasteiger partial charge >= 0.3 is 0 Å². The lowest BCUT2D eigenvalue weighted by molar-refractivity contribution is 0.0215. The summed E-state index contributed by atoms with van der Waals surface area (Å²) >= 11 is 0. The Morgan fingerprint density at radius 2 is 1.96 bits per heavy atom. The third-order valence-electron chi connectivity index (χ3n) is 5.95. The van der Waals surface area contributed by atoms with Crippen molar-refractivity contribution in [3.05, 3.63) is 47.9 Å². The van der Waals surface area contributed by atoms with Crippen molar-refractivity contribution in [3.63, 3.8) is 0 Å². The molecule has 5 rings (SSSR count). The van der Waals surface area contributed by atoms with Crippen LogP contribution in [0.1, 0.15) is 30.3 Å². The number of halogens is 1. The molecule has 3 saturated heterocycles. The molecule has 0 spiro atoms. The molecule has 1 aromatic carbocycles. The Bertz CT molecular complexity index is 790. The molecule has 0 aliphatic carbocycles. The summed E-state index contributed by atoms with van der Waals surface area (Å²) in [4.78, 5) is 15.3. The van der Waals surface area contributed by atoms with Crippen LogP contribution in [-0.4, -0.2) is 40.5 Å². The van der Waals surface area contributed by atoms with Crippen molar-refractivity contribution < 1.29 is 9.18 Å². The summed E-state index contributed by atoms with van der Waals surface area (Å²) < 4.78 is 15.3. The number of rotatable bonds is 3. The highest BCUT2D eigenvalue weighted by atomic mass is 19.1. The molecule has 25 heavy (non-hydrogen) atoms. The van der Waals surface area contributed by atoms with Gasteiger partial charge < -0.3 is 9.88 Å². The number of hydrogen-bond donors (Lipinski definition) is 1. The zero-order valence-corrected chi connectivity index (χ0v) is 14.7. The summed E-state index contributed by atoms with van der Waals surface area (Å²) in [5.74, 6) is 0.258. The van der Waals surface area contributed by atoms with Gasteiger partial charge in [-0.05, 0) is 63.0 Å². The quantitative estimate of drug-likeness (QED) is 0.932. The summed E-state index contributed by atoms with van der Waals surface area (Å²) in [5.41, 5.74) is 2.23. The van der Waals surface area contributed by atoms with E-state index < -0.39 is 0 Å². The number of amides is 1. The first-order valence-electron chi connectivity index (χ1n) is 9.01. The van der Waals surface area contributed by atoms with E-state index in [-0.39, 0.29) is 17.8 Å². The zero-order valence-electron chi connectivity index (χ0n) is 14.7. The minimum atomic E-state index is -0.272. The van der Waals surface area contributed by atoms with E-state index in [1.807, 2.05) is 29.8 Å². The highest BCUT2D eigenvalue weighted by Gasteiger charge is 2.40. The fourth-order valence-electron chi connectivity index (χ4n) is 4.45. The molecule has 3 aliphatic heterocycles. The van der Waals surface area contributed by atoms with Crippen molar-refractivity contribution in [2.75, 3.05) is 13.1 Å². The van der Waals surface area contributed by atoms with Crippen molar-refractivity contribution in [2.45, 2.75) is 31.8 Å². The van der Waals surface area contributed by atoms with Gasteiger partial charge in [0.2, 0.25) is 0 Å². The number of nitrogens with zero attached hydrogens (tertiary/aromatic N) is 2. The van der Waals surface area contributed by atoms with Crippen molar-refractivity contribution in [1.29, 1.82) is 0 Å². The zero-order chi connectivity index (χ0) is 17.6. The third kappa shape index (κ3) is 2.86. The van der Waals surface area contributed by atoms with E-state index in [9.17, 15) is 9.18 Å². The second kappa shape index (κ2) is 6.30. The fourth-order valence-corrected chi connectivity index (χ4v) is 4.45. The molecular weight excluding hydrogens is 317 g/mol. The van der Waals surface area contributed by atoms with Crippen LogP contribution in [0.4, 0.5) is 4.39 Å². The number of nitrogens with one attached hydrogen (secondary N) is 1. The molecule has 5 heteroatoms. The molecule has 132 valence electrons. The second-order valence-electron chi connectivity index (χ2n) is 7.29. The molecule has 1 aromatic heterocycles. The molecule has 4 nitrogen and oxygen atoms in total. The number of carbonyl (C=O) groups is 1. The summed E-state index contributed by atoms with van der Waals surface area (Å²) in [6.45, 7) is 4.50. The summed E-state index contributed by atoms with van der Waals surface area (Å²) in [6.07, 6.45) is 2.33. The second-order valence-corrected chi connectivity index (χ2v) is 7.29. The van der Waals surface area contributed by atoms with E-state index in [1.165, 1.54) is 12.1 Å². The Kier molecular flexibility index (Phi) is 4.12. The Labute approximate surface area is 147 Å². The van der Waals surface area contributed by atoms with Gasteiger partial charge in [-0.3, -0.25) is 9.69 Å². The Morgan fingerprint density at radius 3 is 2.64 bits per heavy atom. The van der Waals surface area contributed by atoms with Crippen LogP contribution < -0.4 is 5.32 Å².